The van der Waals surface area contributed by atoms with Gasteiger partial charge in [-0.3, -0.25) is 9.78 Å². The third kappa shape index (κ3) is 3.78. The monoisotopic (exact) mass is 435 g/mol. The molecule has 2 aliphatic heterocycles. The van der Waals surface area contributed by atoms with E-state index in [1.54, 1.807) is 12.4 Å². The van der Waals surface area contributed by atoms with Gasteiger partial charge in [0.2, 0.25) is 0 Å². The highest BCUT2D eigenvalue weighted by Crippen LogP contribution is 2.32. The number of pyridine rings is 2. The number of thioether (sulfide) groups is 1. The predicted molar refractivity (Wildman–Crippen MR) is 123 cm³/mol. The SMILES string of the molecule is O=C1N=C(N2CCN(c3ncccc3Cl)CC2)S/C1=C\c1cnc2ccccc2c1. The van der Waals surface area contributed by atoms with Gasteiger partial charge in [-0.1, -0.05) is 29.8 Å². The lowest BCUT2D eigenvalue weighted by atomic mass is 10.1. The molecule has 5 rings (SSSR count). The number of para-hydroxylation sites is 1. The van der Waals surface area contributed by atoms with Crippen LogP contribution in [-0.2, 0) is 4.79 Å². The number of fused-ring (bicyclic) bond motifs is 1. The summed E-state index contributed by atoms with van der Waals surface area (Å²) >= 11 is 7.70. The van der Waals surface area contributed by atoms with Crippen LogP contribution in [0.25, 0.3) is 17.0 Å². The Bertz CT molecular complexity index is 1190. The van der Waals surface area contributed by atoms with Gasteiger partial charge in [0.1, 0.15) is 5.82 Å². The molecule has 30 heavy (non-hydrogen) atoms. The second-order valence-electron chi connectivity index (χ2n) is 7.05. The van der Waals surface area contributed by atoms with Crippen LogP contribution in [0.15, 0.2) is 64.8 Å². The van der Waals surface area contributed by atoms with Crippen LogP contribution in [0, 0.1) is 0 Å². The molecule has 1 amide bonds. The van der Waals surface area contributed by atoms with Gasteiger partial charge in [-0.15, -0.1) is 0 Å². The second-order valence-corrected chi connectivity index (χ2v) is 8.47. The van der Waals surface area contributed by atoms with Crippen LogP contribution in [0.2, 0.25) is 5.02 Å². The number of hydrogen-bond acceptors (Lipinski definition) is 6. The molecule has 0 aliphatic carbocycles. The maximum atomic E-state index is 12.5. The van der Waals surface area contributed by atoms with Gasteiger partial charge in [0.25, 0.3) is 5.91 Å². The number of halogens is 1. The molecular formula is C22H18ClN5OS. The molecule has 1 saturated heterocycles. The van der Waals surface area contributed by atoms with E-state index in [2.05, 4.69) is 24.8 Å². The van der Waals surface area contributed by atoms with Crippen molar-refractivity contribution < 1.29 is 4.79 Å². The fourth-order valence-corrected chi connectivity index (χ4v) is 4.78. The van der Waals surface area contributed by atoms with Crippen LogP contribution in [0.4, 0.5) is 5.82 Å². The summed E-state index contributed by atoms with van der Waals surface area (Å²) in [5, 5.41) is 2.46. The van der Waals surface area contributed by atoms with Crippen molar-refractivity contribution in [2.45, 2.75) is 0 Å². The van der Waals surface area contributed by atoms with E-state index in [9.17, 15) is 4.79 Å². The lowest BCUT2D eigenvalue weighted by Gasteiger charge is -2.36. The zero-order valence-electron chi connectivity index (χ0n) is 16.0. The Morgan fingerprint density at radius 2 is 1.80 bits per heavy atom. The molecule has 2 aromatic heterocycles. The molecule has 0 bridgehead atoms. The summed E-state index contributed by atoms with van der Waals surface area (Å²) in [6.07, 6.45) is 5.41. The van der Waals surface area contributed by atoms with Crippen LogP contribution in [0.5, 0.6) is 0 Å². The molecule has 0 unspecified atom stereocenters. The number of piperazine rings is 1. The lowest BCUT2D eigenvalue weighted by molar-refractivity contribution is -0.113. The topological polar surface area (TPSA) is 61.7 Å². The lowest BCUT2D eigenvalue weighted by Crippen LogP contribution is -2.48. The van der Waals surface area contributed by atoms with E-state index in [0.717, 1.165) is 53.6 Å². The molecular weight excluding hydrogens is 418 g/mol. The molecule has 150 valence electrons. The van der Waals surface area contributed by atoms with Crippen molar-refractivity contribution in [2.75, 3.05) is 31.1 Å². The van der Waals surface area contributed by atoms with Gasteiger partial charge >= 0.3 is 0 Å². The van der Waals surface area contributed by atoms with E-state index in [0.29, 0.717) is 9.93 Å². The third-order valence-corrected chi connectivity index (χ3v) is 6.45. The number of hydrogen-bond donors (Lipinski definition) is 0. The average molecular weight is 436 g/mol. The van der Waals surface area contributed by atoms with Gasteiger partial charge in [0.15, 0.2) is 5.17 Å². The number of amidine groups is 1. The summed E-state index contributed by atoms with van der Waals surface area (Å²) in [4.78, 5) is 30.5. The first-order valence-electron chi connectivity index (χ1n) is 9.65. The summed E-state index contributed by atoms with van der Waals surface area (Å²) in [6, 6.07) is 13.7. The Labute approximate surface area is 183 Å². The fraction of sp³-hybridized carbons (Fsp3) is 0.182. The first-order chi connectivity index (χ1) is 14.7. The van der Waals surface area contributed by atoms with Crippen LogP contribution in [0.3, 0.4) is 0 Å². The van der Waals surface area contributed by atoms with E-state index in [-0.39, 0.29) is 5.91 Å². The smallest absolute Gasteiger partial charge is 0.286 e. The minimum atomic E-state index is -0.196. The number of benzene rings is 1. The van der Waals surface area contributed by atoms with Crippen LogP contribution >= 0.6 is 23.4 Å². The summed E-state index contributed by atoms with van der Waals surface area (Å²) < 4.78 is 0. The molecule has 1 fully saturated rings. The highest BCUT2D eigenvalue weighted by Gasteiger charge is 2.29. The number of aliphatic imine (C=N–C) groups is 1. The van der Waals surface area contributed by atoms with Crippen molar-refractivity contribution in [1.82, 2.24) is 14.9 Å². The molecule has 0 saturated carbocycles. The predicted octanol–water partition coefficient (Wildman–Crippen LogP) is 4.08. The Kier molecular flexibility index (Phi) is 5.14. The van der Waals surface area contributed by atoms with Gasteiger partial charge in [-0.05, 0) is 47.7 Å². The average Bonchev–Trinajstić information content (AvgIpc) is 3.14. The first-order valence-corrected chi connectivity index (χ1v) is 10.8. The highest BCUT2D eigenvalue weighted by molar-refractivity contribution is 8.18. The molecule has 8 heteroatoms. The maximum Gasteiger partial charge on any atom is 0.286 e. The number of carbonyl (C=O) groups is 1. The van der Waals surface area contributed by atoms with Crippen molar-refractivity contribution in [3.63, 3.8) is 0 Å². The normalized spacial score (nSPS) is 18.4. The van der Waals surface area contributed by atoms with Crippen molar-refractivity contribution >= 4 is 57.2 Å². The highest BCUT2D eigenvalue weighted by atomic mass is 35.5. The molecule has 0 N–H and O–H groups in total. The number of rotatable bonds is 2. The summed E-state index contributed by atoms with van der Waals surface area (Å²) in [6.45, 7) is 3.07. The van der Waals surface area contributed by atoms with E-state index in [4.69, 9.17) is 11.6 Å². The Morgan fingerprint density at radius 1 is 1.00 bits per heavy atom. The third-order valence-electron chi connectivity index (χ3n) is 5.11. The number of carbonyl (C=O) groups excluding carboxylic acids is 1. The largest absolute Gasteiger partial charge is 0.352 e. The van der Waals surface area contributed by atoms with Gasteiger partial charge in [0, 0.05) is 44.0 Å². The molecule has 0 atom stereocenters. The fourth-order valence-electron chi connectivity index (χ4n) is 3.57. The van der Waals surface area contributed by atoms with Gasteiger partial charge in [-0.2, -0.15) is 4.99 Å². The van der Waals surface area contributed by atoms with Crippen molar-refractivity contribution in [3.05, 3.63) is 70.3 Å². The Hall–Kier alpha value is -2.90. The van der Waals surface area contributed by atoms with Crippen molar-refractivity contribution in [3.8, 4) is 0 Å². The Morgan fingerprint density at radius 3 is 2.63 bits per heavy atom. The summed E-state index contributed by atoms with van der Waals surface area (Å²) in [5.41, 5.74) is 1.84. The van der Waals surface area contributed by atoms with Gasteiger partial charge in [0.05, 0.1) is 15.4 Å². The first kappa shape index (κ1) is 19.1. The van der Waals surface area contributed by atoms with Crippen molar-refractivity contribution in [2.24, 2.45) is 4.99 Å². The standard InChI is InChI=1S/C22H18ClN5OS/c23-17-5-3-7-24-20(17)27-8-10-28(11-9-27)22-26-21(29)19(30-22)13-15-12-16-4-1-2-6-18(16)25-14-15/h1-7,12-14H,8-11H2/b19-13-. The Balaban J connectivity index is 1.27. The van der Waals surface area contributed by atoms with Crippen LogP contribution in [-0.4, -0.2) is 52.1 Å². The van der Waals surface area contributed by atoms with E-state index >= 15 is 0 Å². The minimum Gasteiger partial charge on any atom is -0.352 e. The maximum absolute atomic E-state index is 12.5. The number of amides is 1. The second kappa shape index (κ2) is 8.08. The molecule has 2 aliphatic rings. The quantitative estimate of drug-likeness (QED) is 0.565. The van der Waals surface area contributed by atoms with Crippen LogP contribution in [0.1, 0.15) is 5.56 Å². The minimum absolute atomic E-state index is 0.196. The molecule has 3 aromatic rings. The molecule has 4 heterocycles. The summed E-state index contributed by atoms with van der Waals surface area (Å²) in [7, 11) is 0. The number of anilines is 1. The van der Waals surface area contributed by atoms with Crippen LogP contribution < -0.4 is 4.90 Å². The van der Waals surface area contributed by atoms with Gasteiger partial charge in [-0.25, -0.2) is 4.98 Å². The number of nitrogens with zero attached hydrogens (tertiary/aromatic N) is 5. The molecule has 1 aromatic carbocycles. The zero-order valence-corrected chi connectivity index (χ0v) is 17.6. The molecule has 6 nitrogen and oxygen atoms in total. The molecule has 0 spiro atoms. The van der Waals surface area contributed by atoms with E-state index in [1.807, 2.05) is 48.5 Å². The van der Waals surface area contributed by atoms with Crippen molar-refractivity contribution in [1.29, 1.82) is 0 Å². The number of aromatic nitrogens is 2. The van der Waals surface area contributed by atoms with E-state index < -0.39 is 0 Å². The van der Waals surface area contributed by atoms with Gasteiger partial charge < -0.3 is 9.80 Å². The summed E-state index contributed by atoms with van der Waals surface area (Å²) in [5.74, 6) is 0.610. The zero-order chi connectivity index (χ0) is 20.5. The molecule has 0 radical (unpaired) electrons. The van der Waals surface area contributed by atoms with E-state index in [1.165, 1.54) is 11.8 Å².